The number of nitriles is 1. The third-order valence-electron chi connectivity index (χ3n) is 5.92. The molecule has 4 nitrogen and oxygen atoms in total. The maximum Gasteiger partial charge on any atom is 0.266 e. The summed E-state index contributed by atoms with van der Waals surface area (Å²) in [6.45, 7) is 6.30. The van der Waals surface area contributed by atoms with E-state index in [2.05, 4.69) is 36.5 Å². The number of ether oxygens (including phenoxy) is 1. The van der Waals surface area contributed by atoms with E-state index in [4.69, 9.17) is 16.3 Å². The van der Waals surface area contributed by atoms with Crippen LogP contribution in [0, 0.1) is 32.1 Å². The Morgan fingerprint density at radius 1 is 1.00 bits per heavy atom. The highest BCUT2D eigenvalue weighted by Gasteiger charge is 2.13. The maximum atomic E-state index is 12.7. The van der Waals surface area contributed by atoms with E-state index in [0.29, 0.717) is 28.6 Å². The first-order chi connectivity index (χ1) is 16.9. The predicted molar refractivity (Wildman–Crippen MR) is 143 cm³/mol. The minimum absolute atomic E-state index is 0.0120. The highest BCUT2D eigenvalue weighted by Crippen LogP contribution is 2.29. The third kappa shape index (κ3) is 5.54. The van der Waals surface area contributed by atoms with E-state index >= 15 is 0 Å². The first kappa shape index (κ1) is 24.1. The molecule has 1 N–H and O–H groups in total. The number of hydrogen-bond acceptors (Lipinski definition) is 3. The molecule has 0 saturated heterocycles. The number of carbonyl (C=O) groups is 1. The molecule has 35 heavy (non-hydrogen) atoms. The summed E-state index contributed by atoms with van der Waals surface area (Å²) in [6.07, 6.45) is 1.52. The molecule has 4 aromatic carbocycles. The summed E-state index contributed by atoms with van der Waals surface area (Å²) in [5.74, 6) is 0.0681. The lowest BCUT2D eigenvalue weighted by atomic mass is 10.0. The van der Waals surface area contributed by atoms with Crippen LogP contribution in [0.4, 0.5) is 5.69 Å². The molecule has 0 heterocycles. The smallest absolute Gasteiger partial charge is 0.266 e. The standard InChI is InChI=1S/C30H25ClN2O2/c1-19-8-9-21(3)28(14-19)33-30(34)24(17-32)15-22-11-13-29(27(31)16-22)35-18-26-20(2)10-12-23-6-4-5-7-25(23)26/h4-16H,18H2,1-3H3,(H,33,34)/b24-15+. The van der Waals surface area contributed by atoms with Gasteiger partial charge in [-0.25, -0.2) is 0 Å². The van der Waals surface area contributed by atoms with E-state index in [0.717, 1.165) is 33.0 Å². The van der Waals surface area contributed by atoms with Gasteiger partial charge in [-0.1, -0.05) is 66.2 Å². The van der Waals surface area contributed by atoms with Crippen LogP contribution in [0.5, 0.6) is 5.75 Å². The lowest BCUT2D eigenvalue weighted by Crippen LogP contribution is -2.14. The number of aryl methyl sites for hydroxylation is 3. The number of fused-ring (bicyclic) bond motifs is 1. The number of hydrogen-bond donors (Lipinski definition) is 1. The van der Waals surface area contributed by atoms with Crippen LogP contribution in [0.15, 0.2) is 78.4 Å². The molecule has 0 bridgehead atoms. The van der Waals surface area contributed by atoms with Crippen LogP contribution < -0.4 is 10.1 Å². The van der Waals surface area contributed by atoms with Gasteiger partial charge in [0.15, 0.2) is 0 Å². The number of halogens is 1. The van der Waals surface area contributed by atoms with Gasteiger partial charge in [-0.15, -0.1) is 0 Å². The lowest BCUT2D eigenvalue weighted by Gasteiger charge is -2.13. The van der Waals surface area contributed by atoms with E-state index in [1.807, 2.05) is 50.2 Å². The zero-order valence-corrected chi connectivity index (χ0v) is 20.6. The van der Waals surface area contributed by atoms with Gasteiger partial charge in [0, 0.05) is 11.3 Å². The second kappa shape index (κ2) is 10.5. The average Bonchev–Trinajstić information content (AvgIpc) is 2.85. The molecule has 0 aliphatic carbocycles. The SMILES string of the molecule is Cc1ccc(C)c(NC(=O)/C(C#N)=C/c2ccc(OCc3c(C)ccc4ccccc34)c(Cl)c2)c1. The van der Waals surface area contributed by atoms with Crippen molar-refractivity contribution in [2.45, 2.75) is 27.4 Å². The number of nitrogens with one attached hydrogen (secondary N) is 1. The molecule has 0 unspecified atom stereocenters. The van der Waals surface area contributed by atoms with Crippen molar-refractivity contribution in [3.63, 3.8) is 0 Å². The Morgan fingerprint density at radius 3 is 2.54 bits per heavy atom. The Morgan fingerprint density at radius 2 is 1.77 bits per heavy atom. The van der Waals surface area contributed by atoms with Gasteiger partial charge in [0.05, 0.1) is 5.02 Å². The first-order valence-electron chi connectivity index (χ1n) is 11.3. The van der Waals surface area contributed by atoms with Gasteiger partial charge in [-0.05, 0) is 78.1 Å². The minimum atomic E-state index is -0.468. The van der Waals surface area contributed by atoms with E-state index in [1.165, 1.54) is 6.08 Å². The van der Waals surface area contributed by atoms with Crippen molar-refractivity contribution in [2.24, 2.45) is 0 Å². The molecule has 174 valence electrons. The van der Waals surface area contributed by atoms with Crippen LogP contribution in [-0.4, -0.2) is 5.91 Å². The first-order valence-corrected chi connectivity index (χ1v) is 11.6. The Kier molecular flexibility index (Phi) is 7.19. The lowest BCUT2D eigenvalue weighted by molar-refractivity contribution is -0.112. The van der Waals surface area contributed by atoms with E-state index in [-0.39, 0.29) is 5.57 Å². The van der Waals surface area contributed by atoms with Crippen LogP contribution in [0.3, 0.4) is 0 Å². The normalized spacial score (nSPS) is 11.2. The highest BCUT2D eigenvalue weighted by molar-refractivity contribution is 6.32. The zero-order chi connectivity index (χ0) is 24.9. The summed E-state index contributed by atoms with van der Waals surface area (Å²) in [6, 6.07) is 25.4. The van der Waals surface area contributed by atoms with E-state index in [1.54, 1.807) is 18.2 Å². The molecule has 0 saturated carbocycles. The van der Waals surface area contributed by atoms with Crippen molar-refractivity contribution in [3.05, 3.63) is 111 Å². The Hall–Kier alpha value is -4.07. The fourth-order valence-corrected chi connectivity index (χ4v) is 4.13. The van der Waals surface area contributed by atoms with Crippen molar-refractivity contribution in [1.29, 1.82) is 5.26 Å². The van der Waals surface area contributed by atoms with Crippen molar-refractivity contribution >= 4 is 40.0 Å². The van der Waals surface area contributed by atoms with Crippen molar-refractivity contribution in [2.75, 3.05) is 5.32 Å². The van der Waals surface area contributed by atoms with Gasteiger partial charge < -0.3 is 10.1 Å². The predicted octanol–water partition coefficient (Wildman–Crippen LogP) is 7.54. The molecule has 5 heteroatoms. The molecule has 0 aliphatic heterocycles. The van der Waals surface area contributed by atoms with E-state index < -0.39 is 5.91 Å². The quantitative estimate of drug-likeness (QED) is 0.229. The molecule has 4 rings (SSSR count). The van der Waals surface area contributed by atoms with Gasteiger partial charge in [0.25, 0.3) is 5.91 Å². The molecular formula is C30H25ClN2O2. The fraction of sp³-hybridized carbons (Fsp3) is 0.133. The summed E-state index contributed by atoms with van der Waals surface area (Å²) >= 11 is 6.49. The molecule has 0 atom stereocenters. The fourth-order valence-electron chi connectivity index (χ4n) is 3.89. The summed E-state index contributed by atoms with van der Waals surface area (Å²) < 4.78 is 6.05. The zero-order valence-electron chi connectivity index (χ0n) is 19.9. The topological polar surface area (TPSA) is 62.1 Å². The van der Waals surface area contributed by atoms with Gasteiger partial charge in [0.1, 0.15) is 24.0 Å². The number of carbonyl (C=O) groups excluding carboxylic acids is 1. The van der Waals surface area contributed by atoms with Gasteiger partial charge in [0.2, 0.25) is 0 Å². The number of rotatable bonds is 6. The molecular weight excluding hydrogens is 456 g/mol. The molecule has 1 amide bonds. The summed E-state index contributed by atoms with van der Waals surface area (Å²) in [4.78, 5) is 12.7. The second-order valence-electron chi connectivity index (χ2n) is 8.50. The molecule has 0 spiro atoms. The van der Waals surface area contributed by atoms with Crippen LogP contribution in [0.2, 0.25) is 5.02 Å². The van der Waals surface area contributed by atoms with Crippen LogP contribution in [0.1, 0.15) is 27.8 Å². The number of anilines is 1. The molecule has 0 aromatic heterocycles. The molecule has 0 radical (unpaired) electrons. The monoisotopic (exact) mass is 480 g/mol. The van der Waals surface area contributed by atoms with Crippen LogP contribution in [0.25, 0.3) is 16.8 Å². The number of benzene rings is 4. The van der Waals surface area contributed by atoms with Gasteiger partial charge in [-0.3, -0.25) is 4.79 Å². The largest absolute Gasteiger partial charge is 0.487 e. The van der Waals surface area contributed by atoms with Gasteiger partial charge >= 0.3 is 0 Å². The minimum Gasteiger partial charge on any atom is -0.487 e. The maximum absolute atomic E-state index is 12.7. The second-order valence-corrected chi connectivity index (χ2v) is 8.91. The third-order valence-corrected chi connectivity index (χ3v) is 6.22. The van der Waals surface area contributed by atoms with Crippen LogP contribution in [-0.2, 0) is 11.4 Å². The molecule has 0 fully saturated rings. The Labute approximate surface area is 210 Å². The number of nitrogens with zero attached hydrogens (tertiary/aromatic N) is 1. The van der Waals surface area contributed by atoms with Crippen LogP contribution >= 0.6 is 11.6 Å². The van der Waals surface area contributed by atoms with Crippen molar-refractivity contribution in [1.82, 2.24) is 0 Å². The Bertz CT molecular complexity index is 1500. The van der Waals surface area contributed by atoms with Gasteiger partial charge in [-0.2, -0.15) is 5.26 Å². The summed E-state index contributed by atoms with van der Waals surface area (Å²) in [5.41, 5.74) is 5.51. The summed E-state index contributed by atoms with van der Waals surface area (Å²) in [5, 5.41) is 15.1. The summed E-state index contributed by atoms with van der Waals surface area (Å²) in [7, 11) is 0. The highest BCUT2D eigenvalue weighted by atomic mass is 35.5. The molecule has 0 aliphatic rings. The van der Waals surface area contributed by atoms with E-state index in [9.17, 15) is 10.1 Å². The van der Waals surface area contributed by atoms with Crippen molar-refractivity contribution < 1.29 is 9.53 Å². The Balaban J connectivity index is 1.51. The number of amides is 1. The van der Waals surface area contributed by atoms with Crippen molar-refractivity contribution in [3.8, 4) is 11.8 Å². The molecule has 4 aromatic rings. The average molecular weight is 481 g/mol.